The zero-order valence-corrected chi connectivity index (χ0v) is 21.9. The molecule has 2 aromatic rings. The third kappa shape index (κ3) is 5.39. The van der Waals surface area contributed by atoms with Crippen molar-refractivity contribution in [3.8, 4) is 6.07 Å². The summed E-state index contributed by atoms with van der Waals surface area (Å²) in [6.07, 6.45) is 5.64. The Morgan fingerprint density at radius 3 is 2.44 bits per heavy atom. The number of anilines is 1. The zero-order chi connectivity index (χ0) is 26.2. The van der Waals surface area contributed by atoms with Crippen LogP contribution in [0.1, 0.15) is 66.7 Å². The first-order valence-corrected chi connectivity index (χ1v) is 12.6. The first kappa shape index (κ1) is 25.7. The molecule has 0 spiro atoms. The average molecular weight is 507 g/mol. The number of rotatable bonds is 4. The molecule has 188 valence electrons. The summed E-state index contributed by atoms with van der Waals surface area (Å²) in [6.45, 7) is 7.76. The third-order valence-electron chi connectivity index (χ3n) is 7.32. The van der Waals surface area contributed by atoms with Gasteiger partial charge in [-0.05, 0) is 67.3 Å². The van der Waals surface area contributed by atoms with Gasteiger partial charge in [-0.3, -0.25) is 14.4 Å². The monoisotopic (exact) mass is 506 g/mol. The number of pyridine rings is 1. The predicted octanol–water partition coefficient (Wildman–Crippen LogP) is 4.91. The highest BCUT2D eigenvalue weighted by atomic mass is 35.5. The predicted molar refractivity (Wildman–Crippen MR) is 141 cm³/mol. The van der Waals surface area contributed by atoms with E-state index in [9.17, 15) is 19.6 Å². The number of nitriles is 1. The summed E-state index contributed by atoms with van der Waals surface area (Å²) in [5.74, 6) is -0.0345. The molecule has 2 heterocycles. The number of likely N-dealkylation sites (tertiary alicyclic amines) is 1. The van der Waals surface area contributed by atoms with Crippen LogP contribution in [0.3, 0.4) is 0 Å². The van der Waals surface area contributed by atoms with Crippen molar-refractivity contribution in [1.82, 2.24) is 9.47 Å². The van der Waals surface area contributed by atoms with Crippen LogP contribution in [0.5, 0.6) is 0 Å². The van der Waals surface area contributed by atoms with Gasteiger partial charge in [-0.15, -0.1) is 0 Å². The molecular formula is C28H31ClN4O3. The largest absolute Gasteiger partial charge is 0.342 e. The highest BCUT2D eigenvalue weighted by Gasteiger charge is 2.42. The standard InChI is InChI=1S/C28H31ClN4O3/c1-17-19(9-18-5-7-33(8-6-18)27(36)21-14-28(2,3)15-21)10-22(29)13-24(17)31-26(35)20-11-23(16-30)32(4)25(34)12-20/h9-13,21H,5-8,14-15H2,1-4H3,(H,31,35). The van der Waals surface area contributed by atoms with E-state index in [-0.39, 0.29) is 28.5 Å². The lowest BCUT2D eigenvalue weighted by molar-refractivity contribution is -0.142. The van der Waals surface area contributed by atoms with E-state index in [1.54, 1.807) is 6.07 Å². The summed E-state index contributed by atoms with van der Waals surface area (Å²) >= 11 is 6.38. The summed E-state index contributed by atoms with van der Waals surface area (Å²) in [5.41, 5.74) is 3.59. The second-order valence-electron chi connectivity index (χ2n) is 10.7. The Bertz CT molecular complexity index is 1350. The molecule has 1 aliphatic heterocycles. The van der Waals surface area contributed by atoms with E-state index in [2.05, 4.69) is 25.2 Å². The van der Waals surface area contributed by atoms with E-state index in [0.29, 0.717) is 10.7 Å². The fraction of sp³-hybridized carbons (Fsp3) is 0.429. The minimum atomic E-state index is -0.487. The van der Waals surface area contributed by atoms with Gasteiger partial charge in [0, 0.05) is 48.4 Å². The van der Waals surface area contributed by atoms with Crippen molar-refractivity contribution >= 4 is 35.2 Å². The maximum atomic E-state index is 12.9. The van der Waals surface area contributed by atoms with Gasteiger partial charge < -0.3 is 14.8 Å². The Morgan fingerprint density at radius 1 is 1.17 bits per heavy atom. The third-order valence-corrected chi connectivity index (χ3v) is 7.54. The highest BCUT2D eigenvalue weighted by molar-refractivity contribution is 6.31. The van der Waals surface area contributed by atoms with Crippen LogP contribution in [0.15, 0.2) is 34.6 Å². The van der Waals surface area contributed by atoms with Crippen LogP contribution in [-0.4, -0.2) is 34.4 Å². The number of amides is 2. The molecule has 1 aliphatic carbocycles. The first-order chi connectivity index (χ1) is 17.0. The molecule has 1 N–H and O–H groups in total. The molecule has 1 saturated heterocycles. The van der Waals surface area contributed by atoms with Crippen LogP contribution < -0.4 is 10.9 Å². The van der Waals surface area contributed by atoms with E-state index >= 15 is 0 Å². The molecule has 2 fully saturated rings. The lowest BCUT2D eigenvalue weighted by Gasteiger charge is -2.44. The number of benzene rings is 1. The number of piperidine rings is 1. The minimum Gasteiger partial charge on any atom is -0.342 e. The number of aromatic nitrogens is 1. The fourth-order valence-electron chi connectivity index (χ4n) is 5.13. The van der Waals surface area contributed by atoms with Crippen molar-refractivity contribution in [3.63, 3.8) is 0 Å². The fourth-order valence-corrected chi connectivity index (χ4v) is 5.36. The number of hydrogen-bond acceptors (Lipinski definition) is 4. The number of hydrogen-bond donors (Lipinski definition) is 1. The van der Waals surface area contributed by atoms with E-state index in [0.717, 1.165) is 49.9 Å². The molecule has 2 aliphatic rings. The lowest BCUT2D eigenvalue weighted by Crippen LogP contribution is -2.46. The molecule has 0 bridgehead atoms. The van der Waals surface area contributed by atoms with Crippen LogP contribution in [-0.2, 0) is 11.8 Å². The molecule has 1 aromatic carbocycles. The van der Waals surface area contributed by atoms with Gasteiger partial charge in [0.25, 0.3) is 11.5 Å². The summed E-state index contributed by atoms with van der Waals surface area (Å²) in [7, 11) is 1.48. The van der Waals surface area contributed by atoms with Crippen molar-refractivity contribution in [3.05, 3.63) is 67.6 Å². The van der Waals surface area contributed by atoms with Crippen LogP contribution in [0.4, 0.5) is 5.69 Å². The molecule has 0 atom stereocenters. The van der Waals surface area contributed by atoms with E-state index in [4.69, 9.17) is 11.6 Å². The quantitative estimate of drug-likeness (QED) is 0.637. The van der Waals surface area contributed by atoms with E-state index in [1.165, 1.54) is 29.3 Å². The molecule has 2 amide bonds. The first-order valence-electron chi connectivity index (χ1n) is 12.2. The Balaban J connectivity index is 1.47. The summed E-state index contributed by atoms with van der Waals surface area (Å²) in [4.78, 5) is 39.8. The van der Waals surface area contributed by atoms with Crippen molar-refractivity contribution in [2.24, 2.45) is 18.4 Å². The van der Waals surface area contributed by atoms with Crippen molar-refractivity contribution < 1.29 is 9.59 Å². The average Bonchev–Trinajstić information content (AvgIpc) is 2.82. The molecule has 0 unspecified atom stereocenters. The van der Waals surface area contributed by atoms with Crippen LogP contribution in [0, 0.1) is 29.6 Å². The molecule has 4 rings (SSSR count). The smallest absolute Gasteiger partial charge is 0.255 e. The van der Waals surface area contributed by atoms with Gasteiger partial charge in [-0.25, -0.2) is 0 Å². The van der Waals surface area contributed by atoms with Crippen LogP contribution >= 0.6 is 11.6 Å². The van der Waals surface area contributed by atoms with Gasteiger partial charge >= 0.3 is 0 Å². The van der Waals surface area contributed by atoms with Crippen molar-refractivity contribution in [2.45, 2.75) is 46.5 Å². The highest BCUT2D eigenvalue weighted by Crippen LogP contribution is 2.45. The van der Waals surface area contributed by atoms with Gasteiger partial charge in [0.1, 0.15) is 11.8 Å². The van der Waals surface area contributed by atoms with Gasteiger partial charge in [0.2, 0.25) is 5.91 Å². The summed E-state index contributed by atoms with van der Waals surface area (Å²) in [5, 5.41) is 12.5. The lowest BCUT2D eigenvalue weighted by atomic mass is 9.64. The SMILES string of the molecule is Cc1c(C=C2CCN(C(=O)C3CC(C)(C)C3)CC2)cc(Cl)cc1NC(=O)c1cc(C#N)n(C)c(=O)c1. The summed E-state index contributed by atoms with van der Waals surface area (Å²) in [6, 6.07) is 8.05. The van der Waals surface area contributed by atoms with Crippen LogP contribution in [0.2, 0.25) is 5.02 Å². The van der Waals surface area contributed by atoms with Gasteiger partial charge in [0.15, 0.2) is 0 Å². The summed E-state index contributed by atoms with van der Waals surface area (Å²) < 4.78 is 1.19. The molecule has 1 saturated carbocycles. The van der Waals surface area contributed by atoms with Gasteiger partial charge in [-0.2, -0.15) is 5.26 Å². The topological polar surface area (TPSA) is 95.2 Å². The second kappa shape index (κ2) is 9.94. The van der Waals surface area contributed by atoms with E-state index < -0.39 is 11.5 Å². The molecule has 0 radical (unpaired) electrons. The maximum absolute atomic E-state index is 12.9. The Labute approximate surface area is 216 Å². The van der Waals surface area contributed by atoms with Gasteiger partial charge in [-0.1, -0.05) is 37.1 Å². The van der Waals surface area contributed by atoms with Crippen molar-refractivity contribution in [2.75, 3.05) is 18.4 Å². The minimum absolute atomic E-state index is 0.103. The maximum Gasteiger partial charge on any atom is 0.255 e. The Morgan fingerprint density at radius 2 is 1.83 bits per heavy atom. The molecule has 8 heteroatoms. The number of carbonyl (C=O) groups is 2. The Hall–Kier alpha value is -3.37. The molecule has 7 nitrogen and oxygen atoms in total. The second-order valence-corrected chi connectivity index (χ2v) is 11.1. The number of halogens is 1. The van der Waals surface area contributed by atoms with Crippen molar-refractivity contribution in [1.29, 1.82) is 5.26 Å². The molecule has 1 aromatic heterocycles. The number of carbonyl (C=O) groups excluding carboxylic acids is 2. The molecule has 36 heavy (non-hydrogen) atoms. The van der Waals surface area contributed by atoms with Gasteiger partial charge in [0.05, 0.1) is 0 Å². The van der Waals surface area contributed by atoms with E-state index in [1.807, 2.05) is 24.0 Å². The molecular weight excluding hydrogens is 476 g/mol. The normalized spacial score (nSPS) is 17.2. The Kier molecular flexibility index (Phi) is 7.10. The number of nitrogens with one attached hydrogen (secondary N) is 1. The zero-order valence-electron chi connectivity index (χ0n) is 21.2. The number of nitrogens with zero attached hydrogens (tertiary/aromatic N) is 3. The van der Waals surface area contributed by atoms with Crippen LogP contribution in [0.25, 0.3) is 6.08 Å².